The second kappa shape index (κ2) is 7.32. The molecule has 0 aliphatic carbocycles. The first-order valence-electron chi connectivity index (χ1n) is 5.60. The summed E-state index contributed by atoms with van der Waals surface area (Å²) in [6, 6.07) is 7.59. The van der Waals surface area contributed by atoms with E-state index in [1.807, 2.05) is 24.3 Å². The zero-order valence-electron chi connectivity index (χ0n) is 10.5. The van der Waals surface area contributed by atoms with Gasteiger partial charge in [0.15, 0.2) is 0 Å². The minimum absolute atomic E-state index is 0.414. The predicted molar refractivity (Wildman–Crippen MR) is 67.1 cm³/mol. The third kappa shape index (κ3) is 3.76. The van der Waals surface area contributed by atoms with Crippen molar-refractivity contribution in [2.45, 2.75) is 12.8 Å². The lowest BCUT2D eigenvalue weighted by Crippen LogP contribution is -2.18. The number of para-hydroxylation sites is 1. The summed E-state index contributed by atoms with van der Waals surface area (Å²) in [4.78, 5) is 11.4. The minimum Gasteiger partial charge on any atom is -0.496 e. The van der Waals surface area contributed by atoms with Crippen LogP contribution in [0.15, 0.2) is 29.4 Å². The van der Waals surface area contributed by atoms with Crippen LogP contribution in [-0.4, -0.2) is 31.6 Å². The molecule has 0 radical (unpaired) electrons. The Labute approximate surface area is 106 Å². The maximum absolute atomic E-state index is 11.4. The zero-order valence-corrected chi connectivity index (χ0v) is 10.5. The standard InChI is InChI=1S/C13H17NO4/c1-17-12-6-4-3-5-10(12)7-8-11(9-14-16)13(15)18-2/h3-6,9,11,16H,7-8H2,1-2H3/b14-9-. The van der Waals surface area contributed by atoms with Gasteiger partial charge in [-0.15, -0.1) is 5.16 Å². The molecule has 0 fully saturated rings. The van der Waals surface area contributed by atoms with E-state index in [2.05, 4.69) is 9.89 Å². The molecule has 5 nitrogen and oxygen atoms in total. The van der Waals surface area contributed by atoms with Crippen molar-refractivity contribution in [1.29, 1.82) is 0 Å². The van der Waals surface area contributed by atoms with Crippen molar-refractivity contribution in [3.05, 3.63) is 29.8 Å². The van der Waals surface area contributed by atoms with Gasteiger partial charge in [-0.25, -0.2) is 0 Å². The molecular weight excluding hydrogens is 234 g/mol. The molecule has 1 N–H and O–H groups in total. The largest absolute Gasteiger partial charge is 0.496 e. The molecule has 0 saturated carbocycles. The third-order valence-electron chi connectivity index (χ3n) is 2.67. The zero-order chi connectivity index (χ0) is 13.4. The summed E-state index contributed by atoms with van der Waals surface area (Å²) in [5.74, 6) is -0.185. The topological polar surface area (TPSA) is 68.1 Å². The SMILES string of the molecule is COC(=O)C(/C=N\O)CCc1ccccc1OC. The molecule has 1 rings (SSSR count). The monoisotopic (exact) mass is 251 g/mol. The predicted octanol–water partition coefficient (Wildman–Crippen LogP) is 1.88. The molecule has 0 heterocycles. The van der Waals surface area contributed by atoms with Gasteiger partial charge >= 0.3 is 5.97 Å². The van der Waals surface area contributed by atoms with Gasteiger partial charge in [0.2, 0.25) is 0 Å². The number of carbonyl (C=O) groups is 1. The third-order valence-corrected chi connectivity index (χ3v) is 2.67. The van der Waals surface area contributed by atoms with Gasteiger partial charge in [0.1, 0.15) is 5.75 Å². The molecule has 0 aliphatic heterocycles. The van der Waals surface area contributed by atoms with E-state index in [9.17, 15) is 4.79 Å². The van der Waals surface area contributed by atoms with Crippen molar-refractivity contribution in [3.63, 3.8) is 0 Å². The number of rotatable bonds is 6. The van der Waals surface area contributed by atoms with Crippen LogP contribution in [0.5, 0.6) is 5.75 Å². The van der Waals surface area contributed by atoms with Crippen LogP contribution in [0.1, 0.15) is 12.0 Å². The number of carbonyl (C=O) groups excluding carboxylic acids is 1. The van der Waals surface area contributed by atoms with Crippen LogP contribution in [0.3, 0.4) is 0 Å². The minimum atomic E-state index is -0.551. The maximum atomic E-state index is 11.4. The Hall–Kier alpha value is -2.04. The van der Waals surface area contributed by atoms with E-state index in [4.69, 9.17) is 9.94 Å². The second-order valence-corrected chi connectivity index (χ2v) is 3.74. The van der Waals surface area contributed by atoms with Crippen LogP contribution >= 0.6 is 0 Å². The fourth-order valence-electron chi connectivity index (χ4n) is 1.71. The molecular formula is C13H17NO4. The smallest absolute Gasteiger partial charge is 0.314 e. The van der Waals surface area contributed by atoms with Crippen LogP contribution < -0.4 is 4.74 Å². The van der Waals surface area contributed by atoms with Gasteiger partial charge in [0.05, 0.1) is 26.4 Å². The lowest BCUT2D eigenvalue weighted by Gasteiger charge is -2.11. The molecule has 0 saturated heterocycles. The van der Waals surface area contributed by atoms with Crippen molar-refractivity contribution in [2.75, 3.05) is 14.2 Å². The van der Waals surface area contributed by atoms with Crippen molar-refractivity contribution < 1.29 is 19.5 Å². The lowest BCUT2D eigenvalue weighted by molar-refractivity contribution is -0.143. The Morgan fingerprint density at radius 2 is 2.17 bits per heavy atom. The van der Waals surface area contributed by atoms with Gasteiger partial charge in [-0.3, -0.25) is 4.79 Å². The molecule has 0 bridgehead atoms. The highest BCUT2D eigenvalue weighted by atomic mass is 16.5. The van der Waals surface area contributed by atoms with Gasteiger partial charge in [0, 0.05) is 0 Å². The summed E-state index contributed by atoms with van der Waals surface area (Å²) in [5, 5.41) is 11.4. The highest BCUT2D eigenvalue weighted by Crippen LogP contribution is 2.20. The van der Waals surface area contributed by atoms with E-state index in [0.717, 1.165) is 11.3 Å². The number of ether oxygens (including phenoxy) is 2. The van der Waals surface area contributed by atoms with Crippen LogP contribution in [-0.2, 0) is 16.0 Å². The molecule has 0 spiro atoms. The van der Waals surface area contributed by atoms with Gasteiger partial charge in [0.25, 0.3) is 0 Å². The molecule has 0 aliphatic rings. The summed E-state index contributed by atoms with van der Waals surface area (Å²) < 4.78 is 9.86. The van der Waals surface area contributed by atoms with E-state index in [1.165, 1.54) is 13.3 Å². The number of aryl methyl sites for hydroxylation is 1. The summed E-state index contributed by atoms with van der Waals surface area (Å²) in [7, 11) is 2.91. The second-order valence-electron chi connectivity index (χ2n) is 3.74. The number of hydrogen-bond acceptors (Lipinski definition) is 5. The highest BCUT2D eigenvalue weighted by molar-refractivity contribution is 5.89. The summed E-state index contributed by atoms with van der Waals surface area (Å²) >= 11 is 0. The van der Waals surface area contributed by atoms with Gasteiger partial charge in [-0.1, -0.05) is 18.2 Å². The Balaban J connectivity index is 2.69. The van der Waals surface area contributed by atoms with Crippen molar-refractivity contribution in [3.8, 4) is 5.75 Å². The Morgan fingerprint density at radius 1 is 1.44 bits per heavy atom. The normalized spacial score (nSPS) is 12.3. The number of hydrogen-bond donors (Lipinski definition) is 1. The van der Waals surface area contributed by atoms with E-state index < -0.39 is 11.9 Å². The fraction of sp³-hybridized carbons (Fsp3) is 0.385. The number of benzene rings is 1. The first kappa shape index (κ1) is 14.0. The first-order chi connectivity index (χ1) is 8.72. The van der Waals surface area contributed by atoms with Gasteiger partial charge in [-0.05, 0) is 24.5 Å². The van der Waals surface area contributed by atoms with Crippen LogP contribution in [0, 0.1) is 5.92 Å². The molecule has 98 valence electrons. The number of oxime groups is 1. The number of nitrogens with zero attached hydrogens (tertiary/aromatic N) is 1. The number of methoxy groups -OCH3 is 2. The molecule has 5 heteroatoms. The Morgan fingerprint density at radius 3 is 2.78 bits per heavy atom. The van der Waals surface area contributed by atoms with E-state index in [1.54, 1.807) is 7.11 Å². The van der Waals surface area contributed by atoms with Crippen molar-refractivity contribution in [2.24, 2.45) is 11.1 Å². The average molecular weight is 251 g/mol. The van der Waals surface area contributed by atoms with Crippen LogP contribution in [0.2, 0.25) is 0 Å². The molecule has 1 atom stereocenters. The fourth-order valence-corrected chi connectivity index (χ4v) is 1.71. The van der Waals surface area contributed by atoms with Crippen LogP contribution in [0.4, 0.5) is 0 Å². The Kier molecular flexibility index (Phi) is 5.70. The van der Waals surface area contributed by atoms with Crippen molar-refractivity contribution in [1.82, 2.24) is 0 Å². The summed E-state index contributed by atoms with van der Waals surface area (Å²) in [5.41, 5.74) is 1.00. The molecule has 1 aromatic carbocycles. The highest BCUT2D eigenvalue weighted by Gasteiger charge is 2.17. The van der Waals surface area contributed by atoms with Crippen LogP contribution in [0.25, 0.3) is 0 Å². The van der Waals surface area contributed by atoms with Crippen molar-refractivity contribution >= 4 is 12.2 Å². The first-order valence-corrected chi connectivity index (χ1v) is 5.60. The molecule has 1 aromatic rings. The van der Waals surface area contributed by atoms with E-state index >= 15 is 0 Å². The summed E-state index contributed by atoms with van der Waals surface area (Å²) in [6.45, 7) is 0. The maximum Gasteiger partial charge on any atom is 0.314 e. The van der Waals surface area contributed by atoms with Gasteiger partial charge < -0.3 is 14.7 Å². The van der Waals surface area contributed by atoms with E-state index in [0.29, 0.717) is 12.8 Å². The number of esters is 1. The molecule has 1 unspecified atom stereocenters. The average Bonchev–Trinajstić information content (AvgIpc) is 2.42. The summed E-state index contributed by atoms with van der Waals surface area (Å²) in [6.07, 6.45) is 2.31. The Bertz CT molecular complexity index is 417. The quantitative estimate of drug-likeness (QED) is 0.363. The lowest BCUT2D eigenvalue weighted by atomic mass is 10.00. The van der Waals surface area contributed by atoms with Gasteiger partial charge in [-0.2, -0.15) is 0 Å². The molecule has 18 heavy (non-hydrogen) atoms. The van der Waals surface area contributed by atoms with E-state index in [-0.39, 0.29) is 0 Å². The molecule has 0 amide bonds. The molecule has 0 aromatic heterocycles.